The topological polar surface area (TPSA) is 41.1 Å². The van der Waals surface area contributed by atoms with Crippen molar-refractivity contribution in [2.24, 2.45) is 0 Å². The molecular weight excluding hydrogens is 272 g/mol. The van der Waals surface area contributed by atoms with Crippen molar-refractivity contribution in [2.75, 3.05) is 11.9 Å². The van der Waals surface area contributed by atoms with Crippen molar-refractivity contribution in [3.05, 3.63) is 65.7 Å². The third kappa shape index (κ3) is 3.83. The minimum absolute atomic E-state index is 0.0438. The fourth-order valence-corrected chi connectivity index (χ4v) is 2.57. The number of carbonyl (C=O) groups is 1. The first kappa shape index (κ1) is 14.5. The van der Waals surface area contributed by atoms with E-state index in [4.69, 9.17) is 0 Å². The Kier molecular flexibility index (Phi) is 4.66. The Hall–Kier alpha value is -2.39. The number of rotatable bonds is 4. The van der Waals surface area contributed by atoms with Crippen LogP contribution in [0.3, 0.4) is 0 Å². The molecular formula is C19H20N2O. The van der Waals surface area contributed by atoms with Crippen LogP contribution in [-0.4, -0.2) is 18.5 Å². The SMILES string of the molecule is O=C(Nc1ccc(/C=C/c2ccccc2)cc1)[C@H]1CCCN1. The Bertz CT molecular complexity index is 641. The molecule has 112 valence electrons. The molecule has 3 rings (SSSR count). The summed E-state index contributed by atoms with van der Waals surface area (Å²) >= 11 is 0. The van der Waals surface area contributed by atoms with Crippen LogP contribution >= 0.6 is 0 Å². The smallest absolute Gasteiger partial charge is 0.241 e. The van der Waals surface area contributed by atoms with Crippen molar-refractivity contribution in [3.63, 3.8) is 0 Å². The molecule has 0 aliphatic carbocycles. The Morgan fingerprint density at radius 1 is 1.00 bits per heavy atom. The molecule has 0 aromatic heterocycles. The van der Waals surface area contributed by atoms with Gasteiger partial charge < -0.3 is 10.6 Å². The highest BCUT2D eigenvalue weighted by atomic mass is 16.2. The predicted molar refractivity (Wildman–Crippen MR) is 91.5 cm³/mol. The molecule has 0 radical (unpaired) electrons. The molecule has 3 nitrogen and oxygen atoms in total. The number of carbonyl (C=O) groups excluding carboxylic acids is 1. The van der Waals surface area contributed by atoms with Crippen LogP contribution in [-0.2, 0) is 4.79 Å². The monoisotopic (exact) mass is 292 g/mol. The maximum Gasteiger partial charge on any atom is 0.241 e. The Labute approximate surface area is 131 Å². The standard InChI is InChI=1S/C19H20N2O/c22-19(18-7-4-14-20-18)21-17-12-10-16(11-13-17)9-8-15-5-2-1-3-6-15/h1-3,5-6,8-13,18,20H,4,7,14H2,(H,21,22)/b9-8+/t18-/m1/s1. The van der Waals surface area contributed by atoms with Gasteiger partial charge in [0, 0.05) is 5.69 Å². The van der Waals surface area contributed by atoms with Crippen LogP contribution in [0.5, 0.6) is 0 Å². The van der Waals surface area contributed by atoms with Crippen molar-refractivity contribution < 1.29 is 4.79 Å². The number of benzene rings is 2. The molecule has 0 spiro atoms. The third-order valence-electron chi connectivity index (χ3n) is 3.82. The van der Waals surface area contributed by atoms with E-state index in [9.17, 15) is 4.79 Å². The highest BCUT2D eigenvalue weighted by molar-refractivity contribution is 5.95. The molecule has 1 atom stereocenters. The lowest BCUT2D eigenvalue weighted by Crippen LogP contribution is -2.35. The van der Waals surface area contributed by atoms with E-state index < -0.39 is 0 Å². The summed E-state index contributed by atoms with van der Waals surface area (Å²) < 4.78 is 0. The minimum Gasteiger partial charge on any atom is -0.325 e. The van der Waals surface area contributed by atoms with E-state index in [-0.39, 0.29) is 11.9 Å². The van der Waals surface area contributed by atoms with Crippen molar-refractivity contribution in [1.82, 2.24) is 5.32 Å². The summed E-state index contributed by atoms with van der Waals surface area (Å²) in [5.74, 6) is 0.0603. The van der Waals surface area contributed by atoms with Gasteiger partial charge in [0.15, 0.2) is 0 Å². The number of hydrogen-bond acceptors (Lipinski definition) is 2. The molecule has 1 saturated heterocycles. The lowest BCUT2D eigenvalue weighted by molar-refractivity contribution is -0.117. The van der Waals surface area contributed by atoms with Crippen molar-refractivity contribution in [2.45, 2.75) is 18.9 Å². The zero-order valence-electron chi connectivity index (χ0n) is 12.5. The van der Waals surface area contributed by atoms with Crippen molar-refractivity contribution >= 4 is 23.7 Å². The zero-order valence-corrected chi connectivity index (χ0v) is 12.5. The molecule has 1 fully saturated rings. The highest BCUT2D eigenvalue weighted by Gasteiger charge is 2.21. The van der Waals surface area contributed by atoms with E-state index in [1.54, 1.807) is 0 Å². The molecule has 1 aliphatic rings. The molecule has 1 amide bonds. The van der Waals surface area contributed by atoms with Gasteiger partial charge >= 0.3 is 0 Å². The summed E-state index contributed by atoms with van der Waals surface area (Å²) in [5.41, 5.74) is 3.13. The van der Waals surface area contributed by atoms with Crippen molar-refractivity contribution in [1.29, 1.82) is 0 Å². The van der Waals surface area contributed by atoms with Crippen LogP contribution in [0.2, 0.25) is 0 Å². The van der Waals surface area contributed by atoms with Gasteiger partial charge in [-0.1, -0.05) is 54.6 Å². The summed E-state index contributed by atoms with van der Waals surface area (Å²) in [4.78, 5) is 12.0. The molecule has 2 N–H and O–H groups in total. The van der Waals surface area contributed by atoms with Crippen LogP contribution in [0, 0.1) is 0 Å². The van der Waals surface area contributed by atoms with Gasteiger partial charge in [0.1, 0.15) is 0 Å². The van der Waals surface area contributed by atoms with E-state index in [0.717, 1.165) is 30.6 Å². The minimum atomic E-state index is -0.0438. The molecule has 22 heavy (non-hydrogen) atoms. The van der Waals surface area contributed by atoms with Crippen molar-refractivity contribution in [3.8, 4) is 0 Å². The molecule has 2 aromatic carbocycles. The van der Waals surface area contributed by atoms with Gasteiger partial charge in [-0.2, -0.15) is 0 Å². The van der Waals surface area contributed by atoms with E-state index in [0.29, 0.717) is 0 Å². The van der Waals surface area contributed by atoms with Gasteiger partial charge in [0.25, 0.3) is 0 Å². The van der Waals surface area contributed by atoms with Crippen LogP contribution in [0.1, 0.15) is 24.0 Å². The summed E-state index contributed by atoms with van der Waals surface area (Å²) in [6.07, 6.45) is 6.14. The Balaban J connectivity index is 1.60. The van der Waals surface area contributed by atoms with E-state index >= 15 is 0 Å². The Morgan fingerprint density at radius 3 is 2.32 bits per heavy atom. The fraction of sp³-hybridized carbons (Fsp3) is 0.211. The zero-order chi connectivity index (χ0) is 15.2. The molecule has 0 saturated carbocycles. The lowest BCUT2D eigenvalue weighted by atomic mass is 10.1. The van der Waals surface area contributed by atoms with Gasteiger partial charge in [0.2, 0.25) is 5.91 Å². The van der Waals surface area contributed by atoms with Crippen LogP contribution in [0.4, 0.5) is 5.69 Å². The molecule has 1 heterocycles. The maximum atomic E-state index is 12.0. The average Bonchev–Trinajstić information content (AvgIpc) is 3.10. The first-order valence-electron chi connectivity index (χ1n) is 7.69. The Morgan fingerprint density at radius 2 is 1.68 bits per heavy atom. The normalized spacial score (nSPS) is 17.7. The number of anilines is 1. The largest absolute Gasteiger partial charge is 0.325 e. The molecule has 0 unspecified atom stereocenters. The van der Waals surface area contributed by atoms with E-state index in [1.165, 1.54) is 5.56 Å². The maximum absolute atomic E-state index is 12.0. The van der Waals surface area contributed by atoms with Crippen LogP contribution < -0.4 is 10.6 Å². The van der Waals surface area contributed by atoms with Gasteiger partial charge in [-0.3, -0.25) is 4.79 Å². The predicted octanol–water partition coefficient (Wildman–Crippen LogP) is 3.55. The second-order valence-corrected chi connectivity index (χ2v) is 5.50. The molecule has 3 heteroatoms. The first-order valence-corrected chi connectivity index (χ1v) is 7.69. The van der Waals surface area contributed by atoms with Gasteiger partial charge in [-0.05, 0) is 42.6 Å². The number of nitrogens with one attached hydrogen (secondary N) is 2. The molecule has 2 aromatic rings. The second kappa shape index (κ2) is 7.05. The van der Waals surface area contributed by atoms with E-state index in [2.05, 4.69) is 34.9 Å². The van der Waals surface area contributed by atoms with Crippen LogP contribution in [0.25, 0.3) is 12.2 Å². The molecule has 0 bridgehead atoms. The molecule has 1 aliphatic heterocycles. The fourth-order valence-electron chi connectivity index (χ4n) is 2.57. The van der Waals surface area contributed by atoms with Gasteiger partial charge in [0.05, 0.1) is 6.04 Å². The number of amides is 1. The van der Waals surface area contributed by atoms with Crippen LogP contribution in [0.15, 0.2) is 54.6 Å². The summed E-state index contributed by atoms with van der Waals surface area (Å²) in [6.45, 7) is 0.932. The quantitative estimate of drug-likeness (QED) is 0.846. The average molecular weight is 292 g/mol. The second-order valence-electron chi connectivity index (χ2n) is 5.50. The highest BCUT2D eigenvalue weighted by Crippen LogP contribution is 2.14. The lowest BCUT2D eigenvalue weighted by Gasteiger charge is -2.11. The van der Waals surface area contributed by atoms with E-state index in [1.807, 2.05) is 42.5 Å². The number of hydrogen-bond donors (Lipinski definition) is 2. The summed E-state index contributed by atoms with van der Waals surface area (Å²) in [5, 5.41) is 6.16. The first-order chi connectivity index (χ1) is 10.8. The summed E-state index contributed by atoms with van der Waals surface area (Å²) in [6, 6.07) is 18.1. The third-order valence-corrected chi connectivity index (χ3v) is 3.82. The van der Waals surface area contributed by atoms with Gasteiger partial charge in [-0.15, -0.1) is 0 Å². The van der Waals surface area contributed by atoms with Gasteiger partial charge in [-0.25, -0.2) is 0 Å². The summed E-state index contributed by atoms with van der Waals surface area (Å²) in [7, 11) is 0.